The zero-order valence-corrected chi connectivity index (χ0v) is 12.8. The highest BCUT2D eigenvalue weighted by Gasteiger charge is 2.34. The number of benzene rings is 1. The molecule has 1 unspecified atom stereocenters. The average molecular weight is 340 g/mol. The van der Waals surface area contributed by atoms with E-state index < -0.39 is 11.5 Å². The fourth-order valence-corrected chi connectivity index (χ4v) is 2.67. The quantitative estimate of drug-likeness (QED) is 0.874. The smallest absolute Gasteiger partial charge is 0.328 e. The van der Waals surface area contributed by atoms with Crippen molar-refractivity contribution in [1.82, 2.24) is 5.32 Å². The number of nitrogens with one attached hydrogen (secondary N) is 1. The zero-order chi connectivity index (χ0) is 13.9. The van der Waals surface area contributed by atoms with E-state index in [0.29, 0.717) is 6.54 Å². The van der Waals surface area contributed by atoms with E-state index in [1.165, 1.54) is 0 Å². The van der Waals surface area contributed by atoms with Crippen LogP contribution < -0.4 is 5.32 Å². The molecule has 0 fully saturated rings. The van der Waals surface area contributed by atoms with Crippen LogP contribution in [0.3, 0.4) is 0 Å². The Morgan fingerprint density at radius 3 is 2.58 bits per heavy atom. The third kappa shape index (κ3) is 3.23. The summed E-state index contributed by atoms with van der Waals surface area (Å²) in [5.41, 5.74) is -0.357. The molecule has 0 radical (unpaired) electrons. The summed E-state index contributed by atoms with van der Waals surface area (Å²) in [6.45, 7) is 2.22. The minimum absolute atomic E-state index is 0.538. The summed E-state index contributed by atoms with van der Waals surface area (Å²) >= 11 is 4.96. The Hall–Kier alpha value is -1.17. The first-order chi connectivity index (χ1) is 9.02. The number of carbonyl (C=O) groups is 1. The van der Waals surface area contributed by atoms with E-state index in [2.05, 4.69) is 21.2 Å². The van der Waals surface area contributed by atoms with Gasteiger partial charge in [-0.05, 0) is 36.1 Å². The molecule has 1 heterocycles. The van der Waals surface area contributed by atoms with Gasteiger partial charge in [-0.2, -0.15) is 0 Å². The first-order valence-corrected chi connectivity index (χ1v) is 7.46. The minimum atomic E-state index is -1.09. The second-order valence-corrected chi connectivity index (χ2v) is 6.32. The van der Waals surface area contributed by atoms with Crippen LogP contribution in [-0.4, -0.2) is 11.1 Å². The van der Waals surface area contributed by atoms with Crippen molar-refractivity contribution < 1.29 is 9.90 Å². The topological polar surface area (TPSA) is 49.3 Å². The summed E-state index contributed by atoms with van der Waals surface area (Å²) in [5.74, 6) is -0.883. The predicted octanol–water partition coefficient (Wildman–Crippen LogP) is 3.60. The molecule has 1 aromatic carbocycles. The Balaban J connectivity index is 2.22. The lowest BCUT2D eigenvalue weighted by atomic mass is 9.92. The van der Waals surface area contributed by atoms with Gasteiger partial charge in [0, 0.05) is 15.9 Å². The zero-order valence-electron chi connectivity index (χ0n) is 10.4. The average Bonchev–Trinajstić information content (AvgIpc) is 2.89. The standard InChI is InChI=1S/C14H14BrNO2S/c1-14(13(17)18,10-4-6-11(15)7-5-10)16-9-12-3-2-8-19-12/h2-8,16H,9H2,1H3,(H,17,18). The lowest BCUT2D eigenvalue weighted by Gasteiger charge is -2.26. The Morgan fingerprint density at radius 1 is 1.37 bits per heavy atom. The number of carboxylic acid groups (broad SMARTS) is 1. The maximum atomic E-state index is 11.6. The van der Waals surface area contributed by atoms with E-state index in [1.54, 1.807) is 18.3 Å². The monoisotopic (exact) mass is 339 g/mol. The molecule has 0 bridgehead atoms. The second-order valence-electron chi connectivity index (χ2n) is 4.37. The molecule has 19 heavy (non-hydrogen) atoms. The Bertz CT molecular complexity index is 553. The lowest BCUT2D eigenvalue weighted by molar-refractivity contribution is -0.144. The molecule has 3 nitrogen and oxygen atoms in total. The molecule has 0 saturated carbocycles. The van der Waals surface area contributed by atoms with Gasteiger partial charge >= 0.3 is 5.97 Å². The first kappa shape index (κ1) is 14.2. The number of aliphatic carboxylic acids is 1. The van der Waals surface area contributed by atoms with Crippen molar-refractivity contribution in [3.05, 3.63) is 56.7 Å². The van der Waals surface area contributed by atoms with E-state index in [-0.39, 0.29) is 0 Å². The van der Waals surface area contributed by atoms with Crippen LogP contribution >= 0.6 is 27.3 Å². The van der Waals surface area contributed by atoms with E-state index in [0.717, 1.165) is 14.9 Å². The van der Waals surface area contributed by atoms with Gasteiger partial charge in [-0.15, -0.1) is 11.3 Å². The van der Waals surface area contributed by atoms with Crippen molar-refractivity contribution in [2.24, 2.45) is 0 Å². The van der Waals surface area contributed by atoms with Gasteiger partial charge in [-0.1, -0.05) is 34.1 Å². The van der Waals surface area contributed by atoms with Crippen molar-refractivity contribution in [1.29, 1.82) is 0 Å². The van der Waals surface area contributed by atoms with Gasteiger partial charge in [0.1, 0.15) is 5.54 Å². The first-order valence-electron chi connectivity index (χ1n) is 5.79. The highest BCUT2D eigenvalue weighted by Crippen LogP contribution is 2.24. The largest absolute Gasteiger partial charge is 0.480 e. The molecule has 100 valence electrons. The molecule has 0 spiro atoms. The van der Waals surface area contributed by atoms with Crippen molar-refractivity contribution in [2.75, 3.05) is 0 Å². The molecular weight excluding hydrogens is 326 g/mol. The molecule has 0 aliphatic heterocycles. The van der Waals surface area contributed by atoms with Crippen LogP contribution in [0.15, 0.2) is 46.3 Å². The number of carboxylic acids is 1. The van der Waals surface area contributed by atoms with Crippen molar-refractivity contribution in [3.8, 4) is 0 Å². The number of rotatable bonds is 5. The van der Waals surface area contributed by atoms with Crippen LogP contribution in [-0.2, 0) is 16.9 Å². The van der Waals surface area contributed by atoms with E-state index in [4.69, 9.17) is 0 Å². The summed E-state index contributed by atoms with van der Waals surface area (Å²) in [6.07, 6.45) is 0. The fraction of sp³-hybridized carbons (Fsp3) is 0.214. The van der Waals surface area contributed by atoms with Gasteiger partial charge < -0.3 is 5.11 Å². The molecule has 0 amide bonds. The summed E-state index contributed by atoms with van der Waals surface area (Å²) < 4.78 is 0.933. The van der Waals surface area contributed by atoms with Crippen LogP contribution in [0.4, 0.5) is 0 Å². The Labute approximate surface area is 124 Å². The van der Waals surface area contributed by atoms with Crippen molar-refractivity contribution >= 4 is 33.2 Å². The van der Waals surface area contributed by atoms with Gasteiger partial charge in [-0.25, -0.2) is 4.79 Å². The van der Waals surface area contributed by atoms with Gasteiger partial charge in [0.25, 0.3) is 0 Å². The van der Waals surface area contributed by atoms with Gasteiger partial charge in [0.05, 0.1) is 0 Å². The second kappa shape index (κ2) is 5.86. The number of hydrogen-bond acceptors (Lipinski definition) is 3. The van der Waals surface area contributed by atoms with E-state index in [9.17, 15) is 9.90 Å². The maximum absolute atomic E-state index is 11.6. The minimum Gasteiger partial charge on any atom is -0.480 e. The third-order valence-corrected chi connectivity index (χ3v) is 4.45. The molecule has 1 atom stereocenters. The maximum Gasteiger partial charge on any atom is 0.328 e. The van der Waals surface area contributed by atoms with Crippen LogP contribution in [0.1, 0.15) is 17.4 Å². The predicted molar refractivity (Wildman–Crippen MR) is 80.3 cm³/mol. The summed E-state index contributed by atoms with van der Waals surface area (Å²) in [7, 11) is 0. The lowest BCUT2D eigenvalue weighted by Crippen LogP contribution is -2.46. The molecule has 0 saturated heterocycles. The van der Waals surface area contributed by atoms with Gasteiger partial charge in [0.15, 0.2) is 0 Å². The van der Waals surface area contributed by atoms with Crippen LogP contribution in [0.25, 0.3) is 0 Å². The number of hydrogen-bond donors (Lipinski definition) is 2. The number of thiophene rings is 1. The number of halogens is 1. The SMILES string of the molecule is CC(NCc1cccs1)(C(=O)O)c1ccc(Br)cc1. The summed E-state index contributed by atoms with van der Waals surface area (Å²) in [5, 5.41) is 14.6. The Morgan fingerprint density at radius 2 is 2.05 bits per heavy atom. The van der Waals surface area contributed by atoms with Crippen molar-refractivity contribution in [3.63, 3.8) is 0 Å². The third-order valence-electron chi connectivity index (χ3n) is 3.05. The van der Waals surface area contributed by atoms with Crippen LogP contribution in [0, 0.1) is 0 Å². The van der Waals surface area contributed by atoms with E-state index >= 15 is 0 Å². The molecular formula is C14H14BrNO2S. The molecule has 2 aromatic rings. The molecule has 5 heteroatoms. The fourth-order valence-electron chi connectivity index (χ4n) is 1.76. The molecule has 0 aliphatic carbocycles. The van der Waals surface area contributed by atoms with Gasteiger partial charge in [0.2, 0.25) is 0 Å². The molecule has 0 aliphatic rings. The normalized spacial score (nSPS) is 14.0. The van der Waals surface area contributed by atoms with Gasteiger partial charge in [-0.3, -0.25) is 5.32 Å². The summed E-state index contributed by atoms with van der Waals surface area (Å²) in [6, 6.07) is 11.3. The van der Waals surface area contributed by atoms with E-state index in [1.807, 2.05) is 41.8 Å². The molecule has 1 aromatic heterocycles. The molecule has 2 rings (SSSR count). The molecule has 2 N–H and O–H groups in total. The van der Waals surface area contributed by atoms with Crippen LogP contribution in [0.5, 0.6) is 0 Å². The Kier molecular flexibility index (Phi) is 4.39. The van der Waals surface area contributed by atoms with Crippen LogP contribution in [0.2, 0.25) is 0 Å². The highest BCUT2D eigenvalue weighted by molar-refractivity contribution is 9.10. The summed E-state index contributed by atoms with van der Waals surface area (Å²) in [4.78, 5) is 12.7. The van der Waals surface area contributed by atoms with Crippen molar-refractivity contribution in [2.45, 2.75) is 19.0 Å². The highest BCUT2D eigenvalue weighted by atomic mass is 79.9.